The van der Waals surface area contributed by atoms with E-state index in [2.05, 4.69) is 5.32 Å². The molecule has 0 spiro atoms. The highest BCUT2D eigenvalue weighted by Gasteiger charge is 2.18. The summed E-state index contributed by atoms with van der Waals surface area (Å²) in [5, 5.41) is 21.0. The minimum atomic E-state index is -1.07. The molecule has 0 aromatic carbocycles. The van der Waals surface area contributed by atoms with Gasteiger partial charge in [-0.05, 0) is 31.9 Å². The molecule has 1 heterocycles. The molecule has 3 atom stereocenters. The van der Waals surface area contributed by atoms with E-state index in [1.807, 2.05) is 20.8 Å². The monoisotopic (exact) mass is 241 g/mol. The number of hydrogen-bond donors (Lipinski definition) is 3. The van der Waals surface area contributed by atoms with E-state index in [0.717, 1.165) is 0 Å². The fourth-order valence-electron chi connectivity index (χ4n) is 1.50. The maximum absolute atomic E-state index is 10.7. The van der Waals surface area contributed by atoms with E-state index in [9.17, 15) is 4.79 Å². The lowest BCUT2D eigenvalue weighted by Gasteiger charge is -2.22. The van der Waals surface area contributed by atoms with Gasteiger partial charge in [-0.2, -0.15) is 0 Å². The summed E-state index contributed by atoms with van der Waals surface area (Å²) >= 11 is 0. The number of hydrogen-bond acceptors (Lipinski definition) is 4. The molecule has 0 saturated heterocycles. The van der Waals surface area contributed by atoms with E-state index >= 15 is 0 Å². The number of aromatic carboxylic acids is 1. The Kier molecular flexibility index (Phi) is 4.72. The van der Waals surface area contributed by atoms with Gasteiger partial charge >= 0.3 is 5.97 Å². The minimum Gasteiger partial charge on any atom is -0.475 e. The van der Waals surface area contributed by atoms with Gasteiger partial charge in [0.25, 0.3) is 0 Å². The summed E-state index contributed by atoms with van der Waals surface area (Å²) in [6.45, 7) is 5.91. The lowest BCUT2D eigenvalue weighted by molar-refractivity contribution is 0.0659. The summed E-state index contributed by atoms with van der Waals surface area (Å²) in [4.78, 5) is 10.7. The molecule has 0 amide bonds. The summed E-state index contributed by atoms with van der Waals surface area (Å²) in [5.41, 5.74) is 0. The average molecular weight is 241 g/mol. The van der Waals surface area contributed by atoms with Crippen LogP contribution < -0.4 is 5.32 Å². The van der Waals surface area contributed by atoms with E-state index in [-0.39, 0.29) is 30.4 Å². The fourth-order valence-corrected chi connectivity index (χ4v) is 1.50. The van der Waals surface area contributed by atoms with Crippen LogP contribution in [0.2, 0.25) is 0 Å². The molecule has 0 fully saturated rings. The van der Waals surface area contributed by atoms with Gasteiger partial charge in [-0.3, -0.25) is 0 Å². The van der Waals surface area contributed by atoms with E-state index in [0.29, 0.717) is 5.76 Å². The third-order valence-electron chi connectivity index (χ3n) is 2.92. The van der Waals surface area contributed by atoms with Crippen molar-refractivity contribution in [3.05, 3.63) is 23.7 Å². The van der Waals surface area contributed by atoms with Crippen molar-refractivity contribution in [3.8, 4) is 0 Å². The molecule has 0 aliphatic heterocycles. The summed E-state index contributed by atoms with van der Waals surface area (Å²) < 4.78 is 5.20. The second-order valence-electron chi connectivity index (χ2n) is 4.34. The van der Waals surface area contributed by atoms with Crippen molar-refractivity contribution in [2.75, 3.05) is 6.61 Å². The van der Waals surface area contributed by atoms with Crippen molar-refractivity contribution < 1.29 is 19.4 Å². The molecule has 96 valence electrons. The first-order valence-corrected chi connectivity index (χ1v) is 5.65. The quantitative estimate of drug-likeness (QED) is 0.705. The highest BCUT2D eigenvalue weighted by Crippen LogP contribution is 2.18. The normalized spacial score (nSPS) is 16.5. The van der Waals surface area contributed by atoms with Crippen molar-refractivity contribution in [1.29, 1.82) is 0 Å². The fraction of sp³-hybridized carbons (Fsp3) is 0.583. The van der Waals surface area contributed by atoms with Crippen molar-refractivity contribution in [1.82, 2.24) is 5.32 Å². The maximum atomic E-state index is 10.7. The molecule has 5 nitrogen and oxygen atoms in total. The summed E-state index contributed by atoms with van der Waals surface area (Å²) in [6.07, 6.45) is 0. The van der Waals surface area contributed by atoms with Crippen LogP contribution >= 0.6 is 0 Å². The van der Waals surface area contributed by atoms with Crippen LogP contribution in [0, 0.1) is 5.92 Å². The second kappa shape index (κ2) is 5.84. The predicted octanol–water partition coefficient (Wildman–Crippen LogP) is 1.65. The highest BCUT2D eigenvalue weighted by atomic mass is 16.4. The first kappa shape index (κ1) is 13.7. The maximum Gasteiger partial charge on any atom is 0.371 e. The third-order valence-corrected chi connectivity index (χ3v) is 2.92. The smallest absolute Gasteiger partial charge is 0.371 e. The van der Waals surface area contributed by atoms with Gasteiger partial charge in [-0.15, -0.1) is 0 Å². The Bertz CT molecular complexity index is 374. The third kappa shape index (κ3) is 3.57. The number of aliphatic hydroxyl groups is 1. The number of carbonyl (C=O) groups is 1. The molecule has 0 aliphatic rings. The number of rotatable bonds is 6. The minimum absolute atomic E-state index is 0.0588. The predicted molar refractivity (Wildman–Crippen MR) is 62.9 cm³/mol. The first-order valence-electron chi connectivity index (χ1n) is 5.65. The van der Waals surface area contributed by atoms with Crippen LogP contribution in [-0.2, 0) is 0 Å². The molecule has 1 rings (SSSR count). The van der Waals surface area contributed by atoms with Crippen LogP contribution in [0.4, 0.5) is 0 Å². The van der Waals surface area contributed by atoms with Crippen LogP contribution in [0.15, 0.2) is 16.5 Å². The first-order chi connectivity index (χ1) is 7.95. The second-order valence-corrected chi connectivity index (χ2v) is 4.34. The lowest BCUT2D eigenvalue weighted by atomic mass is 10.0. The molecular formula is C12H19NO4. The molecule has 3 N–H and O–H groups in total. The van der Waals surface area contributed by atoms with Gasteiger partial charge in [-0.1, -0.05) is 6.92 Å². The van der Waals surface area contributed by atoms with Crippen LogP contribution in [0.5, 0.6) is 0 Å². The van der Waals surface area contributed by atoms with Gasteiger partial charge in [0.2, 0.25) is 5.76 Å². The topological polar surface area (TPSA) is 82.7 Å². The Morgan fingerprint density at radius 1 is 1.41 bits per heavy atom. The average Bonchev–Trinajstić information content (AvgIpc) is 2.77. The SMILES string of the molecule is CC(NC(C)C(C)CO)c1ccc(C(=O)O)o1. The van der Waals surface area contributed by atoms with Gasteiger partial charge in [0.1, 0.15) is 5.76 Å². The zero-order valence-electron chi connectivity index (χ0n) is 10.3. The summed E-state index contributed by atoms with van der Waals surface area (Å²) in [5.74, 6) is -0.414. The number of aliphatic hydroxyl groups excluding tert-OH is 1. The lowest BCUT2D eigenvalue weighted by Crippen LogP contribution is -2.35. The van der Waals surface area contributed by atoms with Crippen LogP contribution in [0.3, 0.4) is 0 Å². The molecule has 17 heavy (non-hydrogen) atoms. The molecule has 0 aliphatic carbocycles. The molecule has 0 bridgehead atoms. The zero-order valence-corrected chi connectivity index (χ0v) is 10.3. The van der Waals surface area contributed by atoms with Gasteiger partial charge < -0.3 is 19.9 Å². The standard InChI is InChI=1S/C12H19NO4/c1-7(6-14)8(2)13-9(3)10-4-5-11(17-10)12(15)16/h4-5,7-9,13-14H,6H2,1-3H3,(H,15,16). The summed E-state index contributed by atoms with van der Waals surface area (Å²) in [7, 11) is 0. The molecule has 1 aromatic rings. The van der Waals surface area contributed by atoms with E-state index in [4.69, 9.17) is 14.6 Å². The van der Waals surface area contributed by atoms with Gasteiger partial charge in [-0.25, -0.2) is 4.79 Å². The highest BCUT2D eigenvalue weighted by molar-refractivity contribution is 5.84. The van der Waals surface area contributed by atoms with Crippen molar-refractivity contribution in [3.63, 3.8) is 0 Å². The van der Waals surface area contributed by atoms with Gasteiger partial charge in [0.15, 0.2) is 0 Å². The Hall–Kier alpha value is -1.33. The molecule has 5 heteroatoms. The van der Waals surface area contributed by atoms with Crippen molar-refractivity contribution in [2.24, 2.45) is 5.92 Å². The molecular weight excluding hydrogens is 222 g/mol. The van der Waals surface area contributed by atoms with Gasteiger partial charge in [0.05, 0.1) is 6.04 Å². The molecule has 3 unspecified atom stereocenters. The number of furan rings is 1. The van der Waals surface area contributed by atoms with Crippen LogP contribution in [0.1, 0.15) is 43.1 Å². The molecule has 1 aromatic heterocycles. The number of carboxylic acids is 1. The number of nitrogens with one attached hydrogen (secondary N) is 1. The van der Waals surface area contributed by atoms with E-state index < -0.39 is 5.97 Å². The van der Waals surface area contributed by atoms with Gasteiger partial charge in [0, 0.05) is 12.6 Å². The Balaban J connectivity index is 2.63. The molecule has 0 saturated carbocycles. The Morgan fingerprint density at radius 2 is 2.06 bits per heavy atom. The van der Waals surface area contributed by atoms with Crippen molar-refractivity contribution >= 4 is 5.97 Å². The van der Waals surface area contributed by atoms with E-state index in [1.165, 1.54) is 6.07 Å². The van der Waals surface area contributed by atoms with Crippen molar-refractivity contribution in [2.45, 2.75) is 32.9 Å². The summed E-state index contributed by atoms with van der Waals surface area (Å²) in [6, 6.07) is 3.12. The largest absolute Gasteiger partial charge is 0.475 e. The Labute approximate surface area is 100 Å². The molecule has 0 radical (unpaired) electrons. The van der Waals surface area contributed by atoms with Crippen LogP contribution in [-0.4, -0.2) is 28.8 Å². The van der Waals surface area contributed by atoms with E-state index in [1.54, 1.807) is 6.07 Å². The Morgan fingerprint density at radius 3 is 2.53 bits per heavy atom. The van der Waals surface area contributed by atoms with Crippen LogP contribution in [0.25, 0.3) is 0 Å². The number of carboxylic acid groups (broad SMARTS) is 1. The zero-order chi connectivity index (χ0) is 13.0.